The summed E-state index contributed by atoms with van der Waals surface area (Å²) >= 11 is 0. The van der Waals surface area contributed by atoms with Gasteiger partial charge in [0.1, 0.15) is 0 Å². The number of phenolic OH excluding ortho intramolecular Hbond substituents is 2. The van der Waals surface area contributed by atoms with Crippen LogP contribution in [-0.2, 0) is 11.3 Å². The van der Waals surface area contributed by atoms with Gasteiger partial charge in [-0.1, -0.05) is 6.07 Å². The van der Waals surface area contributed by atoms with Gasteiger partial charge in [-0.15, -0.1) is 0 Å². The molecule has 1 aromatic carbocycles. The summed E-state index contributed by atoms with van der Waals surface area (Å²) in [4.78, 5) is 10.2. The average molecular weight is 211 g/mol. The SMILES string of the molecule is O=C(O)CCNCc1ccc(O)c(O)c1. The van der Waals surface area contributed by atoms with Crippen molar-refractivity contribution in [1.82, 2.24) is 5.32 Å². The van der Waals surface area contributed by atoms with Gasteiger partial charge in [-0.25, -0.2) is 0 Å². The Bertz CT molecular complexity index is 351. The maximum Gasteiger partial charge on any atom is 0.304 e. The number of benzene rings is 1. The van der Waals surface area contributed by atoms with Crippen LogP contribution in [0, 0.1) is 0 Å². The van der Waals surface area contributed by atoms with E-state index >= 15 is 0 Å². The van der Waals surface area contributed by atoms with Gasteiger partial charge in [-0.3, -0.25) is 4.79 Å². The maximum atomic E-state index is 10.2. The molecule has 0 spiro atoms. The van der Waals surface area contributed by atoms with E-state index in [-0.39, 0.29) is 17.9 Å². The summed E-state index contributed by atoms with van der Waals surface area (Å²) in [5.41, 5.74) is 0.788. The largest absolute Gasteiger partial charge is 0.504 e. The number of aliphatic carboxylic acids is 1. The number of carbonyl (C=O) groups is 1. The molecule has 0 aliphatic rings. The minimum absolute atomic E-state index is 0.0596. The molecule has 1 aromatic rings. The predicted molar refractivity (Wildman–Crippen MR) is 53.7 cm³/mol. The molecule has 0 atom stereocenters. The van der Waals surface area contributed by atoms with Crippen LogP contribution in [0.25, 0.3) is 0 Å². The van der Waals surface area contributed by atoms with Crippen molar-refractivity contribution in [2.24, 2.45) is 0 Å². The monoisotopic (exact) mass is 211 g/mol. The Morgan fingerprint density at radius 2 is 2.00 bits per heavy atom. The van der Waals surface area contributed by atoms with Crippen molar-refractivity contribution in [3.8, 4) is 11.5 Å². The van der Waals surface area contributed by atoms with Gasteiger partial charge in [0.05, 0.1) is 6.42 Å². The Balaban J connectivity index is 2.38. The Morgan fingerprint density at radius 3 is 2.60 bits per heavy atom. The Kier molecular flexibility index (Phi) is 3.93. The number of phenols is 2. The summed E-state index contributed by atoms with van der Waals surface area (Å²) in [5, 5.41) is 29.5. The topological polar surface area (TPSA) is 89.8 Å². The molecule has 0 radical (unpaired) electrons. The van der Waals surface area contributed by atoms with Crippen molar-refractivity contribution in [1.29, 1.82) is 0 Å². The molecule has 0 saturated heterocycles. The molecule has 0 unspecified atom stereocenters. The fourth-order valence-electron chi connectivity index (χ4n) is 1.11. The summed E-state index contributed by atoms with van der Waals surface area (Å²) in [6.45, 7) is 0.831. The van der Waals surface area contributed by atoms with Crippen LogP contribution in [0.5, 0.6) is 11.5 Å². The highest BCUT2D eigenvalue weighted by molar-refractivity contribution is 5.66. The number of aromatic hydroxyl groups is 2. The fraction of sp³-hybridized carbons (Fsp3) is 0.300. The maximum absolute atomic E-state index is 10.2. The molecule has 82 valence electrons. The number of hydrogen-bond donors (Lipinski definition) is 4. The third-order valence-corrected chi connectivity index (χ3v) is 1.88. The van der Waals surface area contributed by atoms with E-state index in [0.717, 1.165) is 5.56 Å². The van der Waals surface area contributed by atoms with E-state index in [1.807, 2.05) is 0 Å². The van der Waals surface area contributed by atoms with Gasteiger partial charge in [0.2, 0.25) is 0 Å². The summed E-state index contributed by atoms with van der Waals surface area (Å²) in [6.07, 6.45) is 0.0596. The quantitative estimate of drug-likeness (QED) is 0.424. The molecule has 1 rings (SSSR count). The van der Waals surface area contributed by atoms with Gasteiger partial charge >= 0.3 is 5.97 Å². The zero-order chi connectivity index (χ0) is 11.3. The first-order valence-corrected chi connectivity index (χ1v) is 4.53. The predicted octanol–water partition coefficient (Wildman–Crippen LogP) is 0.662. The normalized spacial score (nSPS) is 10.1. The first-order valence-electron chi connectivity index (χ1n) is 4.53. The van der Waals surface area contributed by atoms with E-state index in [1.54, 1.807) is 6.07 Å². The van der Waals surface area contributed by atoms with Crippen molar-refractivity contribution in [3.63, 3.8) is 0 Å². The molecule has 0 aliphatic heterocycles. The Morgan fingerprint density at radius 1 is 1.27 bits per heavy atom. The van der Waals surface area contributed by atoms with Crippen LogP contribution in [0.1, 0.15) is 12.0 Å². The van der Waals surface area contributed by atoms with Crippen LogP contribution in [0.3, 0.4) is 0 Å². The molecule has 0 amide bonds. The first kappa shape index (κ1) is 11.3. The van der Waals surface area contributed by atoms with E-state index in [2.05, 4.69) is 5.32 Å². The molecule has 5 heteroatoms. The number of nitrogens with one attached hydrogen (secondary N) is 1. The van der Waals surface area contributed by atoms with Crippen LogP contribution in [-0.4, -0.2) is 27.8 Å². The molecule has 15 heavy (non-hydrogen) atoms. The number of hydrogen-bond acceptors (Lipinski definition) is 4. The molecule has 0 aromatic heterocycles. The standard InChI is InChI=1S/C10H13NO4/c12-8-2-1-7(5-9(8)13)6-11-4-3-10(14)15/h1-2,5,11-13H,3-4,6H2,(H,14,15). The van der Waals surface area contributed by atoms with Gasteiger partial charge in [0.15, 0.2) is 11.5 Å². The van der Waals surface area contributed by atoms with Crippen LogP contribution in [0.2, 0.25) is 0 Å². The highest BCUT2D eigenvalue weighted by Gasteiger charge is 2.00. The third-order valence-electron chi connectivity index (χ3n) is 1.88. The Hall–Kier alpha value is -1.75. The summed E-state index contributed by atoms with van der Waals surface area (Å²) in [6, 6.07) is 4.48. The minimum atomic E-state index is -0.851. The summed E-state index contributed by atoms with van der Waals surface area (Å²) < 4.78 is 0. The fourth-order valence-corrected chi connectivity index (χ4v) is 1.11. The number of rotatable bonds is 5. The zero-order valence-corrected chi connectivity index (χ0v) is 8.10. The van der Waals surface area contributed by atoms with Crippen LogP contribution in [0.15, 0.2) is 18.2 Å². The van der Waals surface area contributed by atoms with E-state index in [0.29, 0.717) is 13.1 Å². The molecule has 0 saturated carbocycles. The highest BCUT2D eigenvalue weighted by Crippen LogP contribution is 2.24. The van der Waals surface area contributed by atoms with Gasteiger partial charge in [-0.2, -0.15) is 0 Å². The lowest BCUT2D eigenvalue weighted by molar-refractivity contribution is -0.136. The molecule has 0 bridgehead atoms. The zero-order valence-electron chi connectivity index (χ0n) is 8.10. The highest BCUT2D eigenvalue weighted by atomic mass is 16.4. The van der Waals surface area contributed by atoms with Gasteiger partial charge in [-0.05, 0) is 17.7 Å². The molecule has 0 aliphatic carbocycles. The second kappa shape index (κ2) is 5.21. The Labute approximate surface area is 87.0 Å². The number of carboxylic acid groups (broad SMARTS) is 1. The lowest BCUT2D eigenvalue weighted by atomic mass is 10.2. The molecular formula is C10H13NO4. The second-order valence-electron chi connectivity index (χ2n) is 3.14. The average Bonchev–Trinajstić information content (AvgIpc) is 2.18. The molecule has 0 heterocycles. The third kappa shape index (κ3) is 3.86. The minimum Gasteiger partial charge on any atom is -0.504 e. The van der Waals surface area contributed by atoms with Gasteiger partial charge in [0, 0.05) is 13.1 Å². The van der Waals surface area contributed by atoms with Crippen LogP contribution < -0.4 is 5.32 Å². The first-order chi connectivity index (χ1) is 7.09. The van der Waals surface area contributed by atoms with Crippen molar-refractivity contribution in [2.75, 3.05) is 6.54 Å². The van der Waals surface area contributed by atoms with Crippen molar-refractivity contribution >= 4 is 5.97 Å². The van der Waals surface area contributed by atoms with E-state index in [4.69, 9.17) is 10.2 Å². The van der Waals surface area contributed by atoms with Gasteiger partial charge in [0.25, 0.3) is 0 Å². The van der Waals surface area contributed by atoms with E-state index < -0.39 is 5.97 Å². The smallest absolute Gasteiger partial charge is 0.304 e. The van der Waals surface area contributed by atoms with Crippen molar-refractivity contribution in [3.05, 3.63) is 23.8 Å². The second-order valence-corrected chi connectivity index (χ2v) is 3.14. The molecule has 0 fully saturated rings. The van der Waals surface area contributed by atoms with E-state index in [9.17, 15) is 9.90 Å². The van der Waals surface area contributed by atoms with Gasteiger partial charge < -0.3 is 20.6 Å². The van der Waals surface area contributed by atoms with Crippen molar-refractivity contribution < 1.29 is 20.1 Å². The van der Waals surface area contributed by atoms with Crippen molar-refractivity contribution in [2.45, 2.75) is 13.0 Å². The van der Waals surface area contributed by atoms with E-state index in [1.165, 1.54) is 12.1 Å². The summed E-state index contributed by atoms with van der Waals surface area (Å²) in [7, 11) is 0. The summed E-state index contributed by atoms with van der Waals surface area (Å²) in [5.74, 6) is -1.19. The lowest BCUT2D eigenvalue weighted by Crippen LogP contribution is -2.17. The lowest BCUT2D eigenvalue weighted by Gasteiger charge is -2.04. The molecule has 4 N–H and O–H groups in total. The molecule has 5 nitrogen and oxygen atoms in total. The van der Waals surface area contributed by atoms with Crippen LogP contribution in [0.4, 0.5) is 0 Å². The number of carboxylic acids is 1. The molecular weight excluding hydrogens is 198 g/mol. The van der Waals surface area contributed by atoms with Crippen LogP contribution >= 0.6 is 0 Å².